The molecule has 0 aliphatic carbocycles. The van der Waals surface area contributed by atoms with Crippen molar-refractivity contribution in [1.29, 1.82) is 0 Å². The van der Waals surface area contributed by atoms with E-state index in [1.807, 2.05) is 12.1 Å². The van der Waals surface area contributed by atoms with Crippen LogP contribution in [0.15, 0.2) is 48.5 Å². The molecule has 0 saturated carbocycles. The Bertz CT molecular complexity index is 979. The highest BCUT2D eigenvalue weighted by molar-refractivity contribution is 7.22. The summed E-state index contributed by atoms with van der Waals surface area (Å²) in [6, 6.07) is 12.1. The zero-order valence-corrected chi connectivity index (χ0v) is 14.2. The standard InChI is InChI=1S/C18H15N3O3S/c1-2-12-6-8-15-16(11-12)25-18(19-15)20-17(22)9-7-13-4-3-5-14(10-13)21(23)24/h3-11H,2H2,1H3,(H,19,20,22)/b9-7+. The molecule has 1 N–H and O–H groups in total. The highest BCUT2D eigenvalue weighted by atomic mass is 32.1. The maximum atomic E-state index is 12.0. The van der Waals surface area contributed by atoms with Crippen LogP contribution in [0.3, 0.4) is 0 Å². The van der Waals surface area contributed by atoms with Gasteiger partial charge in [-0.1, -0.05) is 36.5 Å². The monoisotopic (exact) mass is 353 g/mol. The fourth-order valence-electron chi connectivity index (χ4n) is 2.30. The largest absolute Gasteiger partial charge is 0.298 e. The third-order valence-corrected chi connectivity index (χ3v) is 4.53. The second-order valence-electron chi connectivity index (χ2n) is 5.35. The highest BCUT2D eigenvalue weighted by Gasteiger charge is 2.07. The van der Waals surface area contributed by atoms with E-state index in [-0.39, 0.29) is 11.6 Å². The number of non-ortho nitro benzene ring substituents is 1. The second kappa shape index (κ2) is 7.23. The molecule has 25 heavy (non-hydrogen) atoms. The number of hydrogen-bond donors (Lipinski definition) is 1. The summed E-state index contributed by atoms with van der Waals surface area (Å²) in [6.07, 6.45) is 3.81. The summed E-state index contributed by atoms with van der Waals surface area (Å²) in [5.74, 6) is -0.332. The zero-order chi connectivity index (χ0) is 17.8. The Morgan fingerprint density at radius 3 is 2.92 bits per heavy atom. The van der Waals surface area contributed by atoms with E-state index in [0.29, 0.717) is 10.7 Å². The van der Waals surface area contributed by atoms with E-state index >= 15 is 0 Å². The third-order valence-electron chi connectivity index (χ3n) is 3.60. The number of thiazole rings is 1. The number of nitro benzene ring substituents is 1. The van der Waals surface area contributed by atoms with Crippen LogP contribution >= 0.6 is 11.3 Å². The Balaban J connectivity index is 1.72. The summed E-state index contributed by atoms with van der Waals surface area (Å²) in [6.45, 7) is 2.09. The van der Waals surface area contributed by atoms with E-state index in [1.165, 1.54) is 41.2 Å². The molecule has 0 fully saturated rings. The fourth-order valence-corrected chi connectivity index (χ4v) is 3.24. The minimum absolute atomic E-state index is 0.0135. The molecule has 0 unspecified atom stereocenters. The number of nitrogens with zero attached hydrogens (tertiary/aromatic N) is 2. The van der Waals surface area contributed by atoms with Crippen molar-refractivity contribution in [1.82, 2.24) is 4.98 Å². The van der Waals surface area contributed by atoms with Gasteiger partial charge in [0.2, 0.25) is 5.91 Å². The van der Waals surface area contributed by atoms with Gasteiger partial charge < -0.3 is 0 Å². The minimum Gasteiger partial charge on any atom is -0.298 e. The molecular formula is C18H15N3O3S. The lowest BCUT2D eigenvalue weighted by molar-refractivity contribution is -0.384. The number of benzene rings is 2. The Kier molecular flexibility index (Phi) is 4.85. The number of nitrogens with one attached hydrogen (secondary N) is 1. The van der Waals surface area contributed by atoms with Gasteiger partial charge in [-0.3, -0.25) is 20.2 Å². The van der Waals surface area contributed by atoms with Crippen LogP contribution in [0.1, 0.15) is 18.1 Å². The lowest BCUT2D eigenvalue weighted by Crippen LogP contribution is -2.07. The van der Waals surface area contributed by atoms with E-state index < -0.39 is 4.92 Å². The molecule has 1 amide bonds. The van der Waals surface area contributed by atoms with E-state index in [4.69, 9.17) is 0 Å². The number of anilines is 1. The van der Waals surface area contributed by atoms with Gasteiger partial charge in [-0.05, 0) is 35.8 Å². The maximum Gasteiger partial charge on any atom is 0.270 e. The van der Waals surface area contributed by atoms with Crippen LogP contribution < -0.4 is 5.32 Å². The van der Waals surface area contributed by atoms with E-state index in [1.54, 1.807) is 12.1 Å². The number of amides is 1. The number of fused-ring (bicyclic) bond motifs is 1. The maximum absolute atomic E-state index is 12.0. The topological polar surface area (TPSA) is 85.1 Å². The van der Waals surface area contributed by atoms with Crippen molar-refractivity contribution in [2.75, 3.05) is 5.32 Å². The number of carbonyl (C=O) groups is 1. The van der Waals surface area contributed by atoms with Gasteiger partial charge in [0.05, 0.1) is 15.1 Å². The normalized spacial score (nSPS) is 11.1. The molecule has 0 atom stereocenters. The number of aryl methyl sites for hydroxylation is 1. The third kappa shape index (κ3) is 4.07. The second-order valence-corrected chi connectivity index (χ2v) is 6.38. The molecule has 0 spiro atoms. The highest BCUT2D eigenvalue weighted by Crippen LogP contribution is 2.27. The SMILES string of the molecule is CCc1ccc2nc(NC(=O)/C=C/c3cccc([N+](=O)[O-])c3)sc2c1. The first-order valence-corrected chi connectivity index (χ1v) is 8.50. The lowest BCUT2D eigenvalue weighted by Gasteiger charge is -1.96. The molecule has 7 heteroatoms. The quantitative estimate of drug-likeness (QED) is 0.418. The minimum atomic E-state index is -0.469. The van der Waals surface area contributed by atoms with Crippen LogP contribution in [0.5, 0.6) is 0 Å². The average molecular weight is 353 g/mol. The molecule has 1 aromatic heterocycles. The van der Waals surface area contributed by atoms with Crippen molar-refractivity contribution < 1.29 is 9.72 Å². The molecule has 1 heterocycles. The summed E-state index contributed by atoms with van der Waals surface area (Å²) in [7, 11) is 0. The predicted molar refractivity (Wildman–Crippen MR) is 99.8 cm³/mol. The van der Waals surface area contributed by atoms with Gasteiger partial charge in [-0.2, -0.15) is 0 Å². The van der Waals surface area contributed by atoms with Crippen LogP contribution in [-0.4, -0.2) is 15.8 Å². The molecule has 0 aliphatic heterocycles. The van der Waals surface area contributed by atoms with Crippen molar-refractivity contribution in [3.05, 3.63) is 69.8 Å². The number of carbonyl (C=O) groups excluding carboxylic acids is 1. The van der Waals surface area contributed by atoms with Crippen LogP contribution in [-0.2, 0) is 11.2 Å². The molecule has 2 aromatic carbocycles. The first-order valence-electron chi connectivity index (χ1n) is 7.68. The van der Waals surface area contributed by atoms with Crippen molar-refractivity contribution in [3.63, 3.8) is 0 Å². The number of rotatable bonds is 5. The van der Waals surface area contributed by atoms with Crippen LogP contribution in [0.25, 0.3) is 16.3 Å². The Morgan fingerprint density at radius 1 is 1.32 bits per heavy atom. The van der Waals surface area contributed by atoms with Crippen LogP contribution in [0, 0.1) is 10.1 Å². The predicted octanol–water partition coefficient (Wildman–Crippen LogP) is 4.42. The number of aromatic nitrogens is 1. The van der Waals surface area contributed by atoms with Crippen molar-refractivity contribution >= 4 is 44.4 Å². The van der Waals surface area contributed by atoms with Crippen molar-refractivity contribution in [2.24, 2.45) is 0 Å². The van der Waals surface area contributed by atoms with Crippen LogP contribution in [0.4, 0.5) is 10.8 Å². The molecule has 3 rings (SSSR count). The van der Waals surface area contributed by atoms with Gasteiger partial charge in [0.1, 0.15) is 0 Å². The van der Waals surface area contributed by atoms with Crippen molar-refractivity contribution in [3.8, 4) is 0 Å². The van der Waals surface area contributed by atoms with Gasteiger partial charge in [0.15, 0.2) is 5.13 Å². The summed E-state index contributed by atoms with van der Waals surface area (Å²) in [5.41, 5.74) is 2.64. The smallest absolute Gasteiger partial charge is 0.270 e. The van der Waals surface area contributed by atoms with Gasteiger partial charge in [-0.25, -0.2) is 4.98 Å². The zero-order valence-electron chi connectivity index (χ0n) is 13.4. The first-order chi connectivity index (χ1) is 12.0. The van der Waals surface area contributed by atoms with Gasteiger partial charge in [-0.15, -0.1) is 0 Å². The summed E-state index contributed by atoms with van der Waals surface area (Å²) in [5, 5.41) is 14.0. The van der Waals surface area contributed by atoms with Crippen molar-refractivity contribution in [2.45, 2.75) is 13.3 Å². The molecule has 6 nitrogen and oxygen atoms in total. The molecular weight excluding hydrogens is 338 g/mol. The molecule has 0 bridgehead atoms. The number of nitro groups is 1. The summed E-state index contributed by atoms with van der Waals surface area (Å²) >= 11 is 1.42. The summed E-state index contributed by atoms with van der Waals surface area (Å²) in [4.78, 5) is 26.7. The van der Waals surface area contributed by atoms with Crippen LogP contribution in [0.2, 0.25) is 0 Å². The first kappa shape index (κ1) is 16.8. The lowest BCUT2D eigenvalue weighted by atomic mass is 10.2. The molecule has 0 saturated heterocycles. The Hall–Kier alpha value is -3.06. The molecule has 126 valence electrons. The molecule has 0 aliphatic rings. The fraction of sp³-hybridized carbons (Fsp3) is 0.111. The van der Waals surface area contributed by atoms with E-state index in [9.17, 15) is 14.9 Å². The molecule has 0 radical (unpaired) electrons. The summed E-state index contributed by atoms with van der Waals surface area (Å²) < 4.78 is 1.03. The number of hydrogen-bond acceptors (Lipinski definition) is 5. The van der Waals surface area contributed by atoms with E-state index in [2.05, 4.69) is 23.3 Å². The van der Waals surface area contributed by atoms with Gasteiger partial charge in [0, 0.05) is 18.2 Å². The van der Waals surface area contributed by atoms with E-state index in [0.717, 1.165) is 16.6 Å². The van der Waals surface area contributed by atoms with Gasteiger partial charge >= 0.3 is 0 Å². The Labute approximate surface area is 148 Å². The Morgan fingerprint density at radius 2 is 2.16 bits per heavy atom. The average Bonchev–Trinajstić information content (AvgIpc) is 3.01. The molecule has 3 aromatic rings. The van der Waals surface area contributed by atoms with Gasteiger partial charge in [0.25, 0.3) is 5.69 Å².